The summed E-state index contributed by atoms with van der Waals surface area (Å²) in [5.74, 6) is 3.10. The monoisotopic (exact) mass is 441 g/mol. The van der Waals surface area contributed by atoms with Gasteiger partial charge >= 0.3 is 0 Å². The van der Waals surface area contributed by atoms with Crippen LogP contribution in [0.1, 0.15) is 30.9 Å². The molecule has 0 saturated carbocycles. The van der Waals surface area contributed by atoms with E-state index < -0.39 is 0 Å². The zero-order chi connectivity index (χ0) is 22.8. The van der Waals surface area contributed by atoms with Crippen LogP contribution in [0, 0.1) is 0 Å². The van der Waals surface area contributed by atoms with Crippen molar-refractivity contribution >= 4 is 5.96 Å². The first-order valence-electron chi connectivity index (χ1n) is 11.1. The second-order valence-electron chi connectivity index (χ2n) is 7.86. The van der Waals surface area contributed by atoms with E-state index in [1.165, 1.54) is 5.56 Å². The number of hydrogen-bond acceptors (Lipinski definition) is 6. The SMILES string of the molecule is CCCOc1ccc(CNC(=NC)NC2CCN(Cc3cc(OC)cc(OC)c3)C2)cn1. The summed E-state index contributed by atoms with van der Waals surface area (Å²) in [4.78, 5) is 11.2. The molecule has 0 amide bonds. The molecule has 1 aromatic heterocycles. The topological polar surface area (TPSA) is 80.2 Å². The second kappa shape index (κ2) is 12.1. The number of nitrogens with one attached hydrogen (secondary N) is 2. The number of nitrogens with zero attached hydrogens (tertiary/aromatic N) is 3. The number of methoxy groups -OCH3 is 2. The first-order chi connectivity index (χ1) is 15.6. The molecular weight excluding hydrogens is 406 g/mol. The van der Waals surface area contributed by atoms with Crippen molar-refractivity contribution in [1.82, 2.24) is 20.5 Å². The summed E-state index contributed by atoms with van der Waals surface area (Å²) < 4.78 is 16.3. The van der Waals surface area contributed by atoms with Crippen molar-refractivity contribution in [2.45, 2.75) is 38.9 Å². The average molecular weight is 442 g/mol. The van der Waals surface area contributed by atoms with Gasteiger partial charge in [0.2, 0.25) is 5.88 Å². The minimum atomic E-state index is 0.344. The molecule has 0 aliphatic carbocycles. The zero-order valence-corrected chi connectivity index (χ0v) is 19.6. The molecule has 2 aromatic rings. The molecule has 0 bridgehead atoms. The molecule has 174 valence electrons. The van der Waals surface area contributed by atoms with Crippen molar-refractivity contribution in [2.75, 3.05) is 41.0 Å². The van der Waals surface area contributed by atoms with Gasteiger partial charge in [-0.05, 0) is 36.1 Å². The van der Waals surface area contributed by atoms with Crippen LogP contribution in [0.25, 0.3) is 0 Å². The lowest BCUT2D eigenvalue weighted by atomic mass is 10.2. The number of hydrogen-bond donors (Lipinski definition) is 2. The maximum atomic E-state index is 5.54. The van der Waals surface area contributed by atoms with E-state index in [-0.39, 0.29) is 0 Å². The van der Waals surface area contributed by atoms with Crippen LogP contribution in [0.5, 0.6) is 17.4 Å². The number of ether oxygens (including phenoxy) is 3. The molecule has 8 nitrogen and oxygen atoms in total. The molecule has 1 unspecified atom stereocenters. The number of aromatic nitrogens is 1. The van der Waals surface area contributed by atoms with Crippen LogP contribution >= 0.6 is 0 Å². The molecule has 0 radical (unpaired) electrons. The molecule has 1 aliphatic heterocycles. The van der Waals surface area contributed by atoms with E-state index in [9.17, 15) is 0 Å². The fourth-order valence-electron chi connectivity index (χ4n) is 3.69. The lowest BCUT2D eigenvalue weighted by Gasteiger charge is -2.19. The van der Waals surface area contributed by atoms with Gasteiger partial charge < -0.3 is 24.8 Å². The average Bonchev–Trinajstić information content (AvgIpc) is 3.27. The Hall–Kier alpha value is -3.00. The third-order valence-electron chi connectivity index (χ3n) is 5.37. The Bertz CT molecular complexity index is 850. The zero-order valence-electron chi connectivity index (χ0n) is 19.6. The number of aliphatic imine (C=N–C) groups is 1. The van der Waals surface area contributed by atoms with Gasteiger partial charge in [0.25, 0.3) is 0 Å². The van der Waals surface area contributed by atoms with Crippen molar-refractivity contribution < 1.29 is 14.2 Å². The van der Waals surface area contributed by atoms with Crippen molar-refractivity contribution in [3.63, 3.8) is 0 Å². The fourth-order valence-corrected chi connectivity index (χ4v) is 3.69. The third kappa shape index (κ3) is 7.02. The molecule has 8 heteroatoms. The largest absolute Gasteiger partial charge is 0.497 e. The number of benzene rings is 1. The Morgan fingerprint density at radius 3 is 2.56 bits per heavy atom. The van der Waals surface area contributed by atoms with Crippen LogP contribution in [-0.2, 0) is 13.1 Å². The van der Waals surface area contributed by atoms with E-state index in [1.54, 1.807) is 21.3 Å². The van der Waals surface area contributed by atoms with Crippen LogP contribution in [0.2, 0.25) is 0 Å². The second-order valence-corrected chi connectivity index (χ2v) is 7.86. The number of likely N-dealkylation sites (tertiary alicyclic amines) is 1. The van der Waals surface area contributed by atoms with Gasteiger partial charge in [-0.25, -0.2) is 4.98 Å². The van der Waals surface area contributed by atoms with Crippen LogP contribution in [0.4, 0.5) is 0 Å². The molecule has 1 saturated heterocycles. The molecule has 1 atom stereocenters. The summed E-state index contributed by atoms with van der Waals surface area (Å²) >= 11 is 0. The minimum Gasteiger partial charge on any atom is -0.497 e. The Morgan fingerprint density at radius 1 is 1.16 bits per heavy atom. The first kappa shape index (κ1) is 23.7. The van der Waals surface area contributed by atoms with E-state index in [0.29, 0.717) is 25.1 Å². The molecule has 1 aromatic carbocycles. The fraction of sp³-hybridized carbons (Fsp3) is 0.500. The number of pyridine rings is 1. The van der Waals surface area contributed by atoms with E-state index >= 15 is 0 Å². The molecule has 32 heavy (non-hydrogen) atoms. The van der Waals surface area contributed by atoms with Gasteiger partial charge in [0.15, 0.2) is 5.96 Å². The summed E-state index contributed by atoms with van der Waals surface area (Å²) in [5, 5.41) is 6.92. The highest BCUT2D eigenvalue weighted by Crippen LogP contribution is 2.24. The van der Waals surface area contributed by atoms with Gasteiger partial charge in [-0.3, -0.25) is 9.89 Å². The summed E-state index contributed by atoms with van der Waals surface area (Å²) in [6.07, 6.45) is 3.87. The van der Waals surface area contributed by atoms with Gasteiger partial charge in [-0.15, -0.1) is 0 Å². The Balaban J connectivity index is 1.46. The van der Waals surface area contributed by atoms with E-state index in [0.717, 1.165) is 55.5 Å². The summed E-state index contributed by atoms with van der Waals surface area (Å²) in [5.41, 5.74) is 2.26. The highest BCUT2D eigenvalue weighted by Gasteiger charge is 2.23. The number of guanidine groups is 1. The Morgan fingerprint density at radius 2 is 1.94 bits per heavy atom. The van der Waals surface area contributed by atoms with Crippen molar-refractivity contribution in [1.29, 1.82) is 0 Å². The highest BCUT2D eigenvalue weighted by molar-refractivity contribution is 5.80. The predicted octanol–water partition coefficient (Wildman–Crippen LogP) is 2.83. The molecule has 2 heterocycles. The normalized spacial score (nSPS) is 16.6. The maximum absolute atomic E-state index is 5.54. The van der Waals surface area contributed by atoms with Crippen molar-refractivity contribution in [2.24, 2.45) is 4.99 Å². The Labute approximate surface area is 191 Å². The van der Waals surface area contributed by atoms with Crippen LogP contribution < -0.4 is 24.8 Å². The van der Waals surface area contributed by atoms with Gasteiger partial charge in [-0.1, -0.05) is 13.0 Å². The standard InChI is InChI=1S/C24H35N5O3/c1-5-10-32-23-7-6-18(14-26-23)15-27-24(25-2)28-20-8-9-29(17-20)16-19-11-21(30-3)13-22(12-19)31-4/h6-7,11-14,20H,5,8-10,15-17H2,1-4H3,(H2,25,27,28). The summed E-state index contributed by atoms with van der Waals surface area (Å²) in [7, 11) is 5.15. The molecule has 0 spiro atoms. The molecule has 2 N–H and O–H groups in total. The maximum Gasteiger partial charge on any atom is 0.213 e. The van der Waals surface area contributed by atoms with Gasteiger partial charge in [0.1, 0.15) is 11.5 Å². The van der Waals surface area contributed by atoms with Crippen molar-refractivity contribution in [3.8, 4) is 17.4 Å². The number of rotatable bonds is 10. The molecule has 1 aliphatic rings. The summed E-state index contributed by atoms with van der Waals surface area (Å²) in [6.45, 7) is 6.25. The van der Waals surface area contributed by atoms with Crippen LogP contribution in [0.15, 0.2) is 41.5 Å². The minimum absolute atomic E-state index is 0.344. The smallest absolute Gasteiger partial charge is 0.213 e. The molecule has 3 rings (SSSR count). The van der Waals surface area contributed by atoms with E-state index in [1.807, 2.05) is 24.4 Å². The van der Waals surface area contributed by atoms with Gasteiger partial charge in [0, 0.05) is 57.6 Å². The van der Waals surface area contributed by atoms with E-state index in [4.69, 9.17) is 14.2 Å². The highest BCUT2D eigenvalue weighted by atomic mass is 16.5. The van der Waals surface area contributed by atoms with Crippen LogP contribution in [-0.4, -0.2) is 62.8 Å². The van der Waals surface area contributed by atoms with Gasteiger partial charge in [0.05, 0.1) is 20.8 Å². The molecule has 1 fully saturated rings. The third-order valence-corrected chi connectivity index (χ3v) is 5.37. The van der Waals surface area contributed by atoms with Crippen LogP contribution in [0.3, 0.4) is 0 Å². The van der Waals surface area contributed by atoms with Crippen molar-refractivity contribution in [3.05, 3.63) is 47.7 Å². The first-order valence-corrected chi connectivity index (χ1v) is 11.1. The van der Waals surface area contributed by atoms with E-state index in [2.05, 4.69) is 44.6 Å². The lowest BCUT2D eigenvalue weighted by molar-refractivity contribution is 0.305. The predicted molar refractivity (Wildman–Crippen MR) is 127 cm³/mol. The van der Waals surface area contributed by atoms with Gasteiger partial charge in [-0.2, -0.15) is 0 Å². The molecular formula is C24H35N5O3. The summed E-state index contributed by atoms with van der Waals surface area (Å²) in [6, 6.07) is 10.3. The quantitative estimate of drug-likeness (QED) is 0.433. The Kier molecular flexibility index (Phi) is 8.98. The lowest BCUT2D eigenvalue weighted by Crippen LogP contribution is -2.44.